The SMILES string of the molecule is Cn1c(Nc2cc(C(C)(C)C#N)n(C3CCOCC3)n2)nc2ncc(Oc3ccnc(NC(=O)C4CC4)c3)c(Cl)c21. The molecule has 6 rings (SSSR count). The minimum atomic E-state index is -0.734. The highest BCUT2D eigenvalue weighted by Crippen LogP contribution is 2.37. The van der Waals surface area contributed by atoms with Crippen molar-refractivity contribution in [2.75, 3.05) is 23.8 Å². The first-order valence-electron chi connectivity index (χ1n) is 13.6. The van der Waals surface area contributed by atoms with Crippen molar-refractivity contribution in [3.8, 4) is 17.6 Å². The Morgan fingerprint density at radius 2 is 1.98 bits per heavy atom. The normalized spacial score (nSPS) is 16.0. The summed E-state index contributed by atoms with van der Waals surface area (Å²) in [5, 5.41) is 21.1. The van der Waals surface area contributed by atoms with Crippen molar-refractivity contribution in [2.24, 2.45) is 13.0 Å². The molecule has 212 valence electrons. The zero-order valence-corrected chi connectivity index (χ0v) is 23.8. The van der Waals surface area contributed by atoms with Crippen LogP contribution in [0.3, 0.4) is 0 Å². The van der Waals surface area contributed by atoms with Crippen molar-refractivity contribution in [3.05, 3.63) is 41.3 Å². The second-order valence-electron chi connectivity index (χ2n) is 10.9. The molecule has 4 aromatic heterocycles. The number of imidazole rings is 1. The number of halogens is 1. The van der Waals surface area contributed by atoms with Gasteiger partial charge in [-0.25, -0.2) is 9.97 Å². The van der Waals surface area contributed by atoms with E-state index < -0.39 is 5.41 Å². The van der Waals surface area contributed by atoms with Gasteiger partial charge in [0.2, 0.25) is 11.9 Å². The number of amides is 1. The van der Waals surface area contributed by atoms with Crippen LogP contribution in [-0.2, 0) is 22.0 Å². The van der Waals surface area contributed by atoms with E-state index in [1.165, 1.54) is 6.20 Å². The molecule has 0 atom stereocenters. The van der Waals surface area contributed by atoms with Crippen LogP contribution in [0.25, 0.3) is 11.2 Å². The van der Waals surface area contributed by atoms with Crippen LogP contribution < -0.4 is 15.4 Å². The van der Waals surface area contributed by atoms with Crippen molar-refractivity contribution in [1.82, 2.24) is 29.3 Å². The summed E-state index contributed by atoms with van der Waals surface area (Å²) in [5.41, 5.74) is 1.10. The van der Waals surface area contributed by atoms with E-state index in [0.29, 0.717) is 58.5 Å². The first-order valence-corrected chi connectivity index (χ1v) is 13.9. The quantitative estimate of drug-likeness (QED) is 0.287. The first kappa shape index (κ1) is 27.0. The van der Waals surface area contributed by atoms with Gasteiger partial charge in [-0.05, 0) is 45.6 Å². The zero-order chi connectivity index (χ0) is 28.7. The highest BCUT2D eigenvalue weighted by Gasteiger charge is 2.31. The molecule has 1 amide bonds. The molecule has 5 heterocycles. The van der Waals surface area contributed by atoms with Crippen molar-refractivity contribution >= 4 is 46.3 Å². The monoisotopic (exact) mass is 575 g/mol. The largest absolute Gasteiger partial charge is 0.454 e. The summed E-state index contributed by atoms with van der Waals surface area (Å²) in [6.07, 6.45) is 6.54. The molecule has 1 saturated carbocycles. The van der Waals surface area contributed by atoms with Crippen molar-refractivity contribution in [2.45, 2.75) is 51.0 Å². The predicted octanol–water partition coefficient (Wildman–Crippen LogP) is 5.25. The fraction of sp³-hybridized carbons (Fsp3) is 0.429. The molecule has 0 aromatic carbocycles. The molecule has 2 fully saturated rings. The van der Waals surface area contributed by atoms with Gasteiger partial charge in [0.05, 0.1) is 29.4 Å². The average Bonchev–Trinajstić information content (AvgIpc) is 3.66. The van der Waals surface area contributed by atoms with Crippen molar-refractivity contribution in [1.29, 1.82) is 5.26 Å². The highest BCUT2D eigenvalue weighted by molar-refractivity contribution is 6.36. The summed E-state index contributed by atoms with van der Waals surface area (Å²) in [4.78, 5) is 25.4. The third-order valence-corrected chi connectivity index (χ3v) is 7.76. The Morgan fingerprint density at radius 1 is 1.20 bits per heavy atom. The Bertz CT molecular complexity index is 1660. The number of pyridine rings is 2. The fourth-order valence-corrected chi connectivity index (χ4v) is 5.14. The lowest BCUT2D eigenvalue weighted by Gasteiger charge is -2.27. The summed E-state index contributed by atoms with van der Waals surface area (Å²) >= 11 is 6.79. The standard InChI is InChI=1S/C28H30ClN9O3/c1-28(2,15-30)20-13-22(36-38(20)17-7-10-40-11-8-17)34-27-35-25-24(37(27)3)23(29)19(14-32-25)41-18-6-9-31-21(12-18)33-26(39)16-4-5-16/h6,9,12-14,16-17H,4-5,7-8,10-11H2,1-3H3,(H,31,33,39)(H,32,34,35,36). The van der Waals surface area contributed by atoms with Gasteiger partial charge in [-0.15, -0.1) is 0 Å². The molecule has 2 N–H and O–H groups in total. The van der Waals surface area contributed by atoms with E-state index in [1.54, 1.807) is 22.9 Å². The summed E-state index contributed by atoms with van der Waals surface area (Å²) in [5.74, 6) is 2.29. The second kappa shape index (κ2) is 10.6. The smallest absolute Gasteiger partial charge is 0.228 e. The number of rotatable bonds is 8. The number of nitrogens with one attached hydrogen (secondary N) is 2. The Labute approximate surface area is 241 Å². The van der Waals surface area contributed by atoms with E-state index in [-0.39, 0.29) is 17.9 Å². The maximum Gasteiger partial charge on any atom is 0.228 e. The number of hydrogen-bond acceptors (Lipinski definition) is 9. The topological polar surface area (TPSA) is 145 Å². The first-order chi connectivity index (χ1) is 19.7. The van der Waals surface area contributed by atoms with Crippen LogP contribution in [0.1, 0.15) is 51.3 Å². The lowest BCUT2D eigenvalue weighted by atomic mass is 9.90. The van der Waals surface area contributed by atoms with Crippen LogP contribution in [0.15, 0.2) is 30.6 Å². The average molecular weight is 576 g/mol. The van der Waals surface area contributed by atoms with Crippen LogP contribution in [0.2, 0.25) is 5.02 Å². The van der Waals surface area contributed by atoms with E-state index >= 15 is 0 Å². The number of nitrogens with zero attached hydrogens (tertiary/aromatic N) is 7. The van der Waals surface area contributed by atoms with Crippen LogP contribution in [-0.4, -0.2) is 48.4 Å². The van der Waals surface area contributed by atoms with E-state index in [1.807, 2.05) is 31.6 Å². The van der Waals surface area contributed by atoms with Gasteiger partial charge < -0.3 is 24.7 Å². The van der Waals surface area contributed by atoms with E-state index in [2.05, 4.69) is 31.7 Å². The number of hydrogen-bond donors (Lipinski definition) is 2. The molecule has 1 aliphatic carbocycles. The van der Waals surface area contributed by atoms with E-state index in [0.717, 1.165) is 31.4 Å². The number of ether oxygens (including phenoxy) is 2. The van der Waals surface area contributed by atoms with E-state index in [4.69, 9.17) is 26.2 Å². The molecule has 0 spiro atoms. The minimum absolute atomic E-state index is 0.0356. The Hall–Kier alpha value is -4.21. The highest BCUT2D eigenvalue weighted by atomic mass is 35.5. The Morgan fingerprint density at radius 3 is 2.71 bits per heavy atom. The molecule has 1 aliphatic heterocycles. The van der Waals surface area contributed by atoms with Gasteiger partial charge in [0.25, 0.3) is 0 Å². The molecule has 41 heavy (non-hydrogen) atoms. The third-order valence-electron chi connectivity index (χ3n) is 7.40. The molecule has 1 saturated heterocycles. The number of fused-ring (bicyclic) bond motifs is 1. The van der Waals surface area contributed by atoms with Crippen LogP contribution in [0.4, 0.5) is 17.6 Å². The molecular weight excluding hydrogens is 546 g/mol. The molecule has 12 nitrogen and oxygen atoms in total. The molecule has 4 aromatic rings. The minimum Gasteiger partial charge on any atom is -0.454 e. The molecule has 0 radical (unpaired) electrons. The van der Waals surface area contributed by atoms with E-state index in [9.17, 15) is 10.1 Å². The molecular formula is C28H30ClN9O3. The molecule has 0 bridgehead atoms. The molecule has 13 heteroatoms. The summed E-state index contributed by atoms with van der Waals surface area (Å²) < 4.78 is 15.3. The van der Waals surface area contributed by atoms with Gasteiger partial charge in [0, 0.05) is 44.5 Å². The van der Waals surface area contributed by atoms with Crippen molar-refractivity contribution < 1.29 is 14.3 Å². The number of carbonyl (C=O) groups excluding carboxylic acids is 1. The lowest BCUT2D eigenvalue weighted by molar-refractivity contribution is -0.117. The Balaban J connectivity index is 1.27. The van der Waals surface area contributed by atoms with Gasteiger partial charge in [-0.1, -0.05) is 11.6 Å². The van der Waals surface area contributed by atoms with Gasteiger partial charge in [-0.2, -0.15) is 15.3 Å². The van der Waals surface area contributed by atoms with Crippen LogP contribution in [0.5, 0.6) is 11.5 Å². The maximum atomic E-state index is 12.1. The summed E-state index contributed by atoms with van der Waals surface area (Å²) in [6, 6.07) is 7.76. The third kappa shape index (κ3) is 5.42. The zero-order valence-electron chi connectivity index (χ0n) is 23.0. The van der Waals surface area contributed by atoms with Gasteiger partial charge in [-0.3, -0.25) is 9.48 Å². The summed E-state index contributed by atoms with van der Waals surface area (Å²) in [7, 11) is 1.82. The fourth-order valence-electron chi connectivity index (χ4n) is 4.84. The van der Waals surface area contributed by atoms with Crippen LogP contribution in [0, 0.1) is 17.2 Å². The number of aromatic nitrogens is 6. The molecule has 2 aliphatic rings. The number of carbonyl (C=O) groups is 1. The van der Waals surface area contributed by atoms with Crippen LogP contribution >= 0.6 is 11.6 Å². The second-order valence-corrected chi connectivity index (χ2v) is 11.3. The van der Waals surface area contributed by atoms with Gasteiger partial charge >= 0.3 is 0 Å². The Kier molecular flexibility index (Phi) is 7.01. The van der Waals surface area contributed by atoms with Gasteiger partial charge in [0.1, 0.15) is 22.1 Å². The number of aryl methyl sites for hydroxylation is 1. The summed E-state index contributed by atoms with van der Waals surface area (Å²) in [6.45, 7) is 5.09. The predicted molar refractivity (Wildman–Crippen MR) is 152 cm³/mol. The maximum absolute atomic E-state index is 12.1. The molecule has 0 unspecified atom stereocenters. The number of nitriles is 1. The van der Waals surface area contributed by atoms with Crippen molar-refractivity contribution in [3.63, 3.8) is 0 Å². The van der Waals surface area contributed by atoms with Gasteiger partial charge in [0.15, 0.2) is 17.2 Å². The lowest BCUT2D eigenvalue weighted by Crippen LogP contribution is -2.27. The number of anilines is 3.